The molecule has 28 nitrogen and oxygen atoms in total. The molecule has 0 aliphatic carbocycles. The van der Waals surface area contributed by atoms with Gasteiger partial charge < -0.3 is 84.3 Å². The number of carbonyl (C=O) groups is 9. The van der Waals surface area contributed by atoms with Crippen LogP contribution in [0.5, 0.6) is 46.0 Å². The molecule has 0 unspecified atom stereocenters. The summed E-state index contributed by atoms with van der Waals surface area (Å²) in [6, 6.07) is 53.8. The van der Waals surface area contributed by atoms with Gasteiger partial charge in [-0.3, -0.25) is 0 Å². The van der Waals surface area contributed by atoms with E-state index in [2.05, 4.69) is 72.3 Å². The molecule has 0 fully saturated rings. The Morgan fingerprint density at radius 2 is 0.483 bits per heavy atom. The first kappa shape index (κ1) is 96.4. The number of aliphatic imine (C=N–C) groups is 1. The minimum Gasteiger partial charge on any atom is -0.508 e. The number of rotatable bonds is 32. The topological polar surface area (TPSA) is 395 Å². The first-order valence-corrected chi connectivity index (χ1v) is 35.1. The summed E-state index contributed by atoms with van der Waals surface area (Å²) in [5, 5.41) is 49.1. The van der Waals surface area contributed by atoms with E-state index in [4.69, 9.17) is 39.2 Å². The van der Waals surface area contributed by atoms with Gasteiger partial charge >= 0.3 is 54.2 Å². The van der Waals surface area contributed by atoms with Gasteiger partial charge in [0.05, 0.1) is 32.7 Å². The molecule has 8 N–H and O–H groups in total. The van der Waals surface area contributed by atoms with Crippen molar-refractivity contribution in [2.24, 2.45) is 4.99 Å². The predicted octanol–water partition coefficient (Wildman–Crippen LogP) is 13.5. The van der Waals surface area contributed by atoms with Gasteiger partial charge in [-0.15, -0.1) is 0 Å². The fourth-order valence-corrected chi connectivity index (χ4v) is 9.70. The van der Waals surface area contributed by atoms with Crippen LogP contribution in [0.2, 0.25) is 0 Å². The number of phenols is 4. The first-order valence-electron chi connectivity index (χ1n) is 35.7. The summed E-state index contributed by atoms with van der Waals surface area (Å²) in [5.74, 6) is -1.55. The third-order valence-corrected chi connectivity index (χ3v) is 15.2. The molecular formula is C88H90BN5O23U. The van der Waals surface area contributed by atoms with Crippen LogP contribution in [-0.4, -0.2) is 156 Å². The molecule has 4 amide bonds. The van der Waals surface area contributed by atoms with Gasteiger partial charge in [0.2, 0.25) is 6.08 Å². The molecule has 0 atom stereocenters. The molecular weight excluding hydrogens is 1740 g/mol. The molecule has 30 heteroatoms. The summed E-state index contributed by atoms with van der Waals surface area (Å²) < 4.78 is 51.8. The molecule has 2 radical (unpaired) electrons. The zero-order valence-corrected chi connectivity index (χ0v) is 68.8. The van der Waals surface area contributed by atoms with Gasteiger partial charge in [-0.1, -0.05) is 137 Å². The number of ether oxygens (including phenoxy) is 9. The molecule has 8 aromatic carbocycles. The second kappa shape index (κ2) is 51.0. The van der Waals surface area contributed by atoms with Crippen LogP contribution < -0.4 is 40.2 Å². The van der Waals surface area contributed by atoms with Crippen LogP contribution in [-0.2, 0) is 52.5 Å². The zero-order valence-electron chi connectivity index (χ0n) is 65.7. The molecule has 0 heterocycles. The summed E-state index contributed by atoms with van der Waals surface area (Å²) in [6.45, 7) is 24.7. The van der Waals surface area contributed by atoms with Crippen molar-refractivity contribution in [1.82, 2.24) is 21.3 Å². The Morgan fingerprint density at radius 1 is 0.322 bits per heavy atom. The van der Waals surface area contributed by atoms with E-state index in [1.807, 2.05) is 48.5 Å². The van der Waals surface area contributed by atoms with E-state index in [-0.39, 0.29) is 173 Å². The predicted molar refractivity (Wildman–Crippen MR) is 440 cm³/mol. The van der Waals surface area contributed by atoms with Gasteiger partial charge in [0.25, 0.3) is 0 Å². The van der Waals surface area contributed by atoms with Gasteiger partial charge in [0, 0.05) is 67.4 Å². The minimum atomic E-state index is -0.808. The zero-order chi connectivity index (χ0) is 85.9. The summed E-state index contributed by atoms with van der Waals surface area (Å²) in [7, 11) is 3.75. The quantitative estimate of drug-likeness (QED) is 0.00284. The van der Waals surface area contributed by atoms with E-state index in [9.17, 15) is 68.4 Å². The van der Waals surface area contributed by atoms with Crippen LogP contribution in [0.3, 0.4) is 0 Å². The van der Waals surface area contributed by atoms with Gasteiger partial charge in [-0.05, 0) is 200 Å². The molecule has 612 valence electrons. The van der Waals surface area contributed by atoms with Crippen LogP contribution in [0, 0.1) is 31.1 Å². The number of aromatic hydroxyl groups is 4. The van der Waals surface area contributed by atoms with Crippen molar-refractivity contribution in [2.75, 3.05) is 65.8 Å². The van der Waals surface area contributed by atoms with E-state index in [0.717, 1.165) is 33.4 Å². The Morgan fingerprint density at radius 3 is 0.644 bits per heavy atom. The molecule has 0 spiro atoms. The second-order valence-corrected chi connectivity index (χ2v) is 24.6. The maximum Gasteiger partial charge on any atom is 0.412 e. The maximum absolute atomic E-state index is 12.7. The first-order chi connectivity index (χ1) is 56.0. The Balaban J connectivity index is 0.000000660. The van der Waals surface area contributed by atoms with E-state index in [0.29, 0.717) is 39.0 Å². The normalized spacial score (nSPS) is 9.86. The van der Waals surface area contributed by atoms with Crippen molar-refractivity contribution in [3.63, 3.8) is 0 Å². The van der Waals surface area contributed by atoms with Crippen molar-refractivity contribution >= 4 is 91.0 Å². The summed E-state index contributed by atoms with van der Waals surface area (Å²) >= 11 is 0. The number of amides is 4. The van der Waals surface area contributed by atoms with E-state index >= 15 is 0 Å². The van der Waals surface area contributed by atoms with Crippen molar-refractivity contribution in [2.45, 2.75) is 42.0 Å². The number of esters is 5. The second-order valence-electron chi connectivity index (χ2n) is 24.6. The van der Waals surface area contributed by atoms with Crippen LogP contribution >= 0.6 is 0 Å². The van der Waals surface area contributed by atoms with Crippen LogP contribution in [0.4, 0.5) is 19.2 Å². The van der Waals surface area contributed by atoms with E-state index in [1.165, 1.54) is 33.8 Å². The van der Waals surface area contributed by atoms with Gasteiger partial charge in [0.15, 0.2) is 0 Å². The maximum atomic E-state index is 12.7. The molecule has 8 aromatic rings. The van der Waals surface area contributed by atoms with Crippen molar-refractivity contribution < 1.29 is 142 Å². The Kier molecular flexibility index (Phi) is 41.7. The smallest absolute Gasteiger partial charge is 0.412 e. The molecule has 0 saturated heterocycles. The van der Waals surface area contributed by atoms with Gasteiger partial charge in [-0.25, -0.2) is 52.9 Å². The standard InChI is InChI=1S/C54H56N4O16.C26H20O4.C7H9NO3.CH4.BH.U/c1-33(2)47(59)67-29-25-55-51(63)71-41-17-9-37(10-18-41)45(38-11-19-42(20-12-38)72-52(64)56-26-30-68-48(60)34(3)4)46(39-13-21-43(22-14-39)73-53(65)57-27-31-69-49(61)35(5)6)40-15-23-44(24-16-40)74-54(66)58-28-32-70-50(62)36(7)8;27-21-9-1-17(2-10-21)25(18-3-11-22(28)12-4-18)26(19-5-13-23(29)14-6-19)20-7-15-24(30)16-8-20;1-6(2)7(10)11-4-3-8-5-9;;;/h9-24H,1,3,5,7,25-32H2,2,4,6,8H3,(H,55,63)(H,56,64)(H,57,65)(H,58,66);1-16,27-30H;1,3-4H2,2H3;1H4;1H;/i;;;;1D;. The van der Waals surface area contributed by atoms with Crippen molar-refractivity contribution in [3.8, 4) is 46.0 Å². The van der Waals surface area contributed by atoms with E-state index < -0.39 is 54.2 Å². The molecule has 0 bridgehead atoms. The molecule has 118 heavy (non-hydrogen) atoms. The van der Waals surface area contributed by atoms with Gasteiger partial charge in [-0.2, -0.15) is 0 Å². The molecule has 0 aliphatic heterocycles. The number of hydrogen-bond donors (Lipinski definition) is 8. The number of nitrogens with zero attached hydrogens (tertiary/aromatic N) is 1. The van der Waals surface area contributed by atoms with Crippen LogP contribution in [0.15, 0.2) is 260 Å². The van der Waals surface area contributed by atoms with Crippen LogP contribution in [0.25, 0.3) is 22.3 Å². The number of hydrogen-bond acceptors (Lipinski definition) is 24. The van der Waals surface area contributed by atoms with Crippen molar-refractivity contribution in [3.05, 3.63) is 299 Å². The van der Waals surface area contributed by atoms with Gasteiger partial charge in [0.1, 0.15) is 79.0 Å². The summed E-state index contributed by atoms with van der Waals surface area (Å²) in [5.41, 5.74) is 9.95. The Bertz CT molecular complexity index is 4370. The third kappa shape index (κ3) is 33.6. The number of isocyanates is 1. The van der Waals surface area contributed by atoms with E-state index in [1.54, 1.807) is 153 Å². The summed E-state index contributed by atoms with van der Waals surface area (Å²) in [6.07, 6.45) is -1.90. The Labute approximate surface area is 709 Å². The number of nitrogens with one attached hydrogen (secondary N) is 4. The fourth-order valence-electron chi connectivity index (χ4n) is 9.70. The molecule has 0 aliphatic rings. The van der Waals surface area contributed by atoms with Crippen molar-refractivity contribution in [1.29, 1.82) is 1.34 Å². The minimum absolute atomic E-state index is 0. The SMILES string of the molecule is C.C=C(C)C(=O)OCCN=C=O.C=C(C)C(=O)OCCNC(=O)Oc1ccc(C(=C(c2ccc(OC(=O)NCCOC(=O)C(=C)C)cc2)c2ccc(OC(=O)NCCOC(=O)C(=C)C)cc2)c2ccc(OC(=O)NCCOC(=O)C(=C)C)cc2)cc1.Oc1ccc(C(=C(c2ccc(O)cc2)c2ccc(O)cc2)c2ccc(O)cc2)cc1.[2H][B].[U]. The third-order valence-electron chi connectivity index (χ3n) is 15.2. The number of carbonyl (C=O) groups excluding carboxylic acids is 10. The average molecular weight is 1840 g/mol. The average Bonchev–Trinajstić information content (AvgIpc) is 0.783. The summed E-state index contributed by atoms with van der Waals surface area (Å²) in [4.78, 5) is 121. The number of benzene rings is 8. The molecule has 0 saturated carbocycles. The molecule has 0 aromatic heterocycles. The monoisotopic (exact) mass is 1830 g/mol. The molecule has 8 rings (SSSR count). The largest absolute Gasteiger partial charge is 0.508 e. The number of phenolic OH excluding ortho intramolecular Hbond substituents is 4. The Hall–Kier alpha value is -13.9. The fraction of sp³-hybridized carbons (Fsp3) is 0.182. The van der Waals surface area contributed by atoms with Crippen LogP contribution in [0.1, 0.15) is 86.6 Å².